The number of unbranched alkanes of at least 4 members (excludes halogenated alkanes) is 45. The topological polar surface area (TPSA) is 148 Å². The van der Waals surface area contributed by atoms with Crippen LogP contribution in [-0.2, 0) is 44.3 Å². The van der Waals surface area contributed by atoms with E-state index in [0.29, 0.717) is 19.8 Å². The van der Waals surface area contributed by atoms with Gasteiger partial charge in [0.25, 0.3) is 0 Å². The molecule has 0 N–H and O–H groups in total. The van der Waals surface area contributed by atoms with E-state index >= 15 is 0 Å². The average Bonchev–Trinajstić information content (AvgIpc) is 3.29. The Morgan fingerprint density at radius 3 is 0.433 bits per heavy atom. The summed E-state index contributed by atoms with van der Waals surface area (Å²) >= 11 is 0. The molecule has 0 aromatic heterocycles. The van der Waals surface area contributed by atoms with Gasteiger partial charge in [0.2, 0.25) is 0 Å². The minimum absolute atomic E-state index is 0. The van der Waals surface area contributed by atoms with Crippen LogP contribution in [-0.4, -0.2) is 19.8 Å². The summed E-state index contributed by atoms with van der Waals surface area (Å²) in [5.41, 5.74) is 0. The van der Waals surface area contributed by atoms with Crippen molar-refractivity contribution in [2.45, 2.75) is 329 Å². The molecule has 0 heterocycles. The predicted molar refractivity (Wildman–Crippen MR) is 279 cm³/mol. The maximum absolute atomic E-state index is 10.2. The Kier molecular flexibility index (Phi) is 78.3. The number of hydrogen-bond acceptors (Lipinski definition) is 9. The summed E-state index contributed by atoms with van der Waals surface area (Å²) in [6.45, 7) is 7.89. The minimum Gasteiger partial charge on any atom is -0.566 e. The summed E-state index contributed by atoms with van der Waals surface area (Å²) in [4.78, 5) is 30.5. The van der Waals surface area contributed by atoms with E-state index in [4.69, 9.17) is 0 Å². The van der Waals surface area contributed by atoms with E-state index in [0.717, 1.165) is 38.5 Å². The van der Waals surface area contributed by atoms with Gasteiger partial charge < -0.3 is 14.7 Å². The van der Waals surface area contributed by atoms with Crippen LogP contribution in [0.4, 0.5) is 0 Å². The normalized spacial score (nSPS) is 11.6. The monoisotopic (exact) mass is 1050 g/mol. The maximum Gasteiger partial charge on any atom is 3.00 e. The van der Waals surface area contributed by atoms with E-state index in [1.54, 1.807) is 0 Å². The van der Waals surface area contributed by atoms with Crippen molar-refractivity contribution in [3.8, 4) is 0 Å². The van der Waals surface area contributed by atoms with Gasteiger partial charge in [-0.25, -0.2) is 0 Å². The standard InChI is InChI=1S/3C18H37O3P.Fe/c3*1-2-3-4-5-6-7-8-9-10-11-12-13-14-15-16-17-18-21-22(19)20;/h3*2-18H2,1H3;/q;;;+3. The molecule has 0 amide bonds. The zero-order chi connectivity index (χ0) is 48.9. The van der Waals surface area contributed by atoms with Crippen molar-refractivity contribution in [3.05, 3.63) is 0 Å². The summed E-state index contributed by atoms with van der Waals surface area (Å²) in [7, 11) is -7.93. The van der Waals surface area contributed by atoms with E-state index in [1.807, 2.05) is 0 Å². The molecule has 0 saturated heterocycles. The first kappa shape index (κ1) is 74.1. The minimum atomic E-state index is -2.64. The van der Waals surface area contributed by atoms with Crippen molar-refractivity contribution in [2.24, 2.45) is 0 Å². The molecular formula is C54H111FeO9P3+3. The zero-order valence-corrected chi connectivity index (χ0v) is 48.2. The summed E-state index contributed by atoms with van der Waals surface area (Å²) in [5.74, 6) is 0. The fraction of sp³-hybridized carbons (Fsp3) is 1.00. The van der Waals surface area contributed by atoms with Crippen LogP contribution < -0.4 is 14.7 Å². The van der Waals surface area contributed by atoms with Crippen molar-refractivity contribution in [2.75, 3.05) is 19.8 Å². The molecule has 401 valence electrons. The van der Waals surface area contributed by atoms with E-state index < -0.39 is 24.8 Å². The van der Waals surface area contributed by atoms with Crippen molar-refractivity contribution < 1.29 is 59.0 Å². The third-order valence-corrected chi connectivity index (χ3v) is 13.8. The molecule has 13 heteroatoms. The van der Waals surface area contributed by atoms with Gasteiger partial charge in [0.1, 0.15) is 19.8 Å². The smallest absolute Gasteiger partial charge is 0.566 e. The van der Waals surface area contributed by atoms with Crippen molar-refractivity contribution in [1.29, 1.82) is 0 Å². The Morgan fingerprint density at radius 2 is 0.328 bits per heavy atom. The Labute approximate surface area is 430 Å². The molecule has 0 aromatic rings. The van der Waals surface area contributed by atoms with Gasteiger partial charge in [-0.3, -0.25) is 0 Å². The first-order valence-corrected chi connectivity index (χ1v) is 31.9. The summed E-state index contributed by atoms with van der Waals surface area (Å²) < 4.78 is 44.1. The molecule has 67 heavy (non-hydrogen) atoms. The zero-order valence-electron chi connectivity index (χ0n) is 44.4. The Balaban J connectivity index is -0.000000441. The molecule has 0 rings (SSSR count). The molecule has 0 aromatic carbocycles. The van der Waals surface area contributed by atoms with Crippen LogP contribution in [0.15, 0.2) is 0 Å². The summed E-state index contributed by atoms with van der Waals surface area (Å²) in [6, 6.07) is 0. The molecule has 0 aliphatic carbocycles. The molecular weight excluding hydrogens is 941 g/mol. The van der Waals surface area contributed by atoms with Gasteiger partial charge in [-0.15, -0.1) is 13.6 Å². The van der Waals surface area contributed by atoms with Gasteiger partial charge in [0, 0.05) is 0 Å². The van der Waals surface area contributed by atoms with Crippen LogP contribution in [0.1, 0.15) is 329 Å². The first-order chi connectivity index (χ1) is 32.3. The van der Waals surface area contributed by atoms with E-state index in [2.05, 4.69) is 34.3 Å². The van der Waals surface area contributed by atoms with Gasteiger partial charge in [0.05, 0.1) is 0 Å². The van der Waals surface area contributed by atoms with Gasteiger partial charge in [-0.05, 0) is 33.0 Å². The van der Waals surface area contributed by atoms with Crippen LogP contribution in [0.5, 0.6) is 0 Å². The quantitative estimate of drug-likeness (QED) is 0.0330. The van der Waals surface area contributed by atoms with Crippen LogP contribution >= 0.6 is 24.8 Å². The average molecular weight is 1050 g/mol. The molecule has 3 atom stereocenters. The second-order valence-corrected chi connectivity index (χ2v) is 21.2. The predicted octanol–water partition coefficient (Wildman–Crippen LogP) is 18.8. The van der Waals surface area contributed by atoms with Gasteiger partial charge in [0.15, 0.2) is 0 Å². The second-order valence-electron chi connectivity index (χ2n) is 19.1. The van der Waals surface area contributed by atoms with Gasteiger partial charge in [-0.1, -0.05) is 310 Å². The molecule has 0 spiro atoms. The van der Waals surface area contributed by atoms with Crippen molar-refractivity contribution >= 4 is 24.8 Å². The second kappa shape index (κ2) is 70.8. The van der Waals surface area contributed by atoms with Crippen LogP contribution in [0.2, 0.25) is 0 Å². The summed E-state index contributed by atoms with van der Waals surface area (Å²) in [5, 5.41) is 0. The van der Waals surface area contributed by atoms with E-state index in [1.165, 1.54) is 270 Å². The van der Waals surface area contributed by atoms with E-state index in [9.17, 15) is 28.4 Å². The van der Waals surface area contributed by atoms with E-state index in [-0.39, 0.29) is 17.1 Å². The third-order valence-electron chi connectivity index (χ3n) is 12.6. The molecule has 0 aliphatic rings. The fourth-order valence-electron chi connectivity index (χ4n) is 8.37. The Morgan fingerprint density at radius 1 is 0.224 bits per heavy atom. The first-order valence-electron chi connectivity index (χ1n) is 28.6. The molecule has 0 fully saturated rings. The fourth-order valence-corrected chi connectivity index (χ4v) is 9.20. The molecule has 1 radical (unpaired) electrons. The Hall–Kier alpha value is 0.579. The molecule has 0 saturated carbocycles. The molecule has 9 nitrogen and oxygen atoms in total. The molecule has 3 unspecified atom stereocenters. The third kappa shape index (κ3) is 83.8. The van der Waals surface area contributed by atoms with Crippen LogP contribution in [0, 0.1) is 0 Å². The van der Waals surface area contributed by atoms with Gasteiger partial charge in [-0.2, -0.15) is 0 Å². The van der Waals surface area contributed by atoms with Crippen LogP contribution in [0.25, 0.3) is 0 Å². The molecule has 0 bridgehead atoms. The van der Waals surface area contributed by atoms with Gasteiger partial charge >= 0.3 is 41.8 Å². The van der Waals surface area contributed by atoms with Crippen molar-refractivity contribution in [3.63, 3.8) is 0 Å². The maximum atomic E-state index is 10.2. The van der Waals surface area contributed by atoms with Crippen LogP contribution in [0.3, 0.4) is 0 Å². The summed E-state index contributed by atoms with van der Waals surface area (Å²) in [6.07, 6.45) is 63.7. The Bertz CT molecular complexity index is 825. The number of hydrogen-bond donors (Lipinski definition) is 0. The number of rotatable bonds is 54. The van der Waals surface area contributed by atoms with Crippen molar-refractivity contribution in [1.82, 2.24) is 0 Å². The SMILES string of the molecule is CCCCCCCCCCCCCCCCCCO[P+](=O)[O-].CCCCCCCCCCCCCCCCCCO[P+](=O)[O-].CCCCCCCCCCCCCCCCCCO[P+](=O)[O-].[Fe+3]. The largest absolute Gasteiger partial charge is 3.00 e. The molecule has 0 aliphatic heterocycles.